The summed E-state index contributed by atoms with van der Waals surface area (Å²) in [6.45, 7) is 4.38. The van der Waals surface area contributed by atoms with E-state index >= 15 is 0 Å². The minimum Gasteiger partial charge on any atom is -0.492 e. The van der Waals surface area contributed by atoms with Gasteiger partial charge in [-0.05, 0) is 55.8 Å². The Morgan fingerprint density at radius 2 is 1.85 bits per heavy atom. The summed E-state index contributed by atoms with van der Waals surface area (Å²) in [5.41, 5.74) is 3.41. The van der Waals surface area contributed by atoms with E-state index in [0.717, 1.165) is 22.7 Å². The first-order chi connectivity index (χ1) is 13.1. The third-order valence-corrected chi connectivity index (χ3v) is 4.39. The highest BCUT2D eigenvalue weighted by Crippen LogP contribution is 2.27. The van der Waals surface area contributed by atoms with E-state index in [-0.39, 0.29) is 5.91 Å². The highest BCUT2D eigenvalue weighted by atomic mass is 35.5. The molecule has 1 heterocycles. The smallest absolute Gasteiger partial charge is 0.274 e. The van der Waals surface area contributed by atoms with Crippen molar-refractivity contribution >= 4 is 34.6 Å². The number of aromatic nitrogens is 1. The van der Waals surface area contributed by atoms with Crippen LogP contribution in [0.15, 0.2) is 60.8 Å². The van der Waals surface area contributed by atoms with Gasteiger partial charge in [0, 0.05) is 10.7 Å². The predicted octanol–water partition coefficient (Wildman–Crippen LogP) is 5.44. The summed E-state index contributed by atoms with van der Waals surface area (Å²) in [7, 11) is 0. The number of anilines is 3. The van der Waals surface area contributed by atoms with Crippen LogP contribution in [0, 0.1) is 6.92 Å². The summed E-state index contributed by atoms with van der Waals surface area (Å²) >= 11 is 6.09. The fourth-order valence-corrected chi connectivity index (χ4v) is 2.71. The lowest BCUT2D eigenvalue weighted by molar-refractivity contribution is 0.102. The molecule has 138 valence electrons. The maximum Gasteiger partial charge on any atom is 0.274 e. The topological polar surface area (TPSA) is 63.2 Å². The summed E-state index contributed by atoms with van der Waals surface area (Å²) in [4.78, 5) is 16.7. The summed E-state index contributed by atoms with van der Waals surface area (Å²) in [6.07, 6.45) is 1.61. The molecule has 3 aromatic rings. The predicted molar refractivity (Wildman–Crippen MR) is 109 cm³/mol. The van der Waals surface area contributed by atoms with E-state index in [4.69, 9.17) is 16.3 Å². The van der Waals surface area contributed by atoms with E-state index in [1.165, 1.54) is 0 Å². The summed E-state index contributed by atoms with van der Waals surface area (Å²) in [5, 5.41) is 6.69. The molecule has 0 spiro atoms. The maximum absolute atomic E-state index is 12.4. The molecule has 2 N–H and O–H groups in total. The van der Waals surface area contributed by atoms with E-state index in [2.05, 4.69) is 15.6 Å². The van der Waals surface area contributed by atoms with Gasteiger partial charge in [-0.25, -0.2) is 4.98 Å². The van der Waals surface area contributed by atoms with Gasteiger partial charge >= 0.3 is 0 Å². The van der Waals surface area contributed by atoms with Crippen LogP contribution in [0.3, 0.4) is 0 Å². The van der Waals surface area contributed by atoms with Gasteiger partial charge in [-0.15, -0.1) is 0 Å². The zero-order valence-corrected chi connectivity index (χ0v) is 15.9. The van der Waals surface area contributed by atoms with E-state index in [0.29, 0.717) is 23.0 Å². The van der Waals surface area contributed by atoms with Crippen molar-refractivity contribution in [3.63, 3.8) is 0 Å². The molecule has 5 nitrogen and oxygen atoms in total. The van der Waals surface area contributed by atoms with Gasteiger partial charge in [-0.2, -0.15) is 0 Å². The number of hydrogen-bond donors (Lipinski definition) is 2. The lowest BCUT2D eigenvalue weighted by atomic mass is 10.2. The van der Waals surface area contributed by atoms with Crippen LogP contribution in [0.4, 0.5) is 17.1 Å². The van der Waals surface area contributed by atoms with Gasteiger partial charge in [0.15, 0.2) is 0 Å². The van der Waals surface area contributed by atoms with Crippen molar-refractivity contribution in [3.05, 3.63) is 77.1 Å². The number of amides is 1. The molecule has 2 aromatic carbocycles. The van der Waals surface area contributed by atoms with Crippen molar-refractivity contribution in [1.29, 1.82) is 0 Å². The number of carbonyl (C=O) groups is 1. The number of rotatable bonds is 6. The average molecular weight is 382 g/mol. The van der Waals surface area contributed by atoms with E-state index in [1.807, 2.05) is 38.1 Å². The molecule has 0 saturated carbocycles. The molecule has 0 radical (unpaired) electrons. The largest absolute Gasteiger partial charge is 0.492 e. The van der Waals surface area contributed by atoms with Gasteiger partial charge in [0.1, 0.15) is 11.4 Å². The van der Waals surface area contributed by atoms with Crippen LogP contribution in [0.5, 0.6) is 5.75 Å². The fraction of sp³-hybridized carbons (Fsp3) is 0.143. The third-order valence-electron chi connectivity index (χ3n) is 3.98. The van der Waals surface area contributed by atoms with E-state index in [1.54, 1.807) is 36.5 Å². The Bertz CT molecular complexity index is 942. The number of carbonyl (C=O) groups excluding carboxylic acids is 1. The Morgan fingerprint density at radius 3 is 2.59 bits per heavy atom. The summed E-state index contributed by atoms with van der Waals surface area (Å²) in [5.74, 6) is 0.472. The van der Waals surface area contributed by atoms with Crippen LogP contribution in [0.2, 0.25) is 5.02 Å². The Kier molecular flexibility index (Phi) is 5.94. The number of pyridine rings is 1. The van der Waals surface area contributed by atoms with Crippen LogP contribution in [0.1, 0.15) is 23.0 Å². The van der Waals surface area contributed by atoms with Crippen molar-refractivity contribution in [1.82, 2.24) is 4.98 Å². The average Bonchev–Trinajstić information content (AvgIpc) is 2.68. The molecule has 27 heavy (non-hydrogen) atoms. The number of benzene rings is 2. The summed E-state index contributed by atoms with van der Waals surface area (Å²) in [6, 6.07) is 16.5. The van der Waals surface area contributed by atoms with Crippen molar-refractivity contribution in [3.8, 4) is 5.75 Å². The van der Waals surface area contributed by atoms with Crippen molar-refractivity contribution < 1.29 is 9.53 Å². The molecular weight excluding hydrogens is 362 g/mol. The number of para-hydroxylation sites is 2. The van der Waals surface area contributed by atoms with Crippen LogP contribution in [0.25, 0.3) is 0 Å². The fourth-order valence-electron chi connectivity index (χ4n) is 2.54. The van der Waals surface area contributed by atoms with E-state index < -0.39 is 0 Å². The third kappa shape index (κ3) is 4.57. The van der Waals surface area contributed by atoms with Gasteiger partial charge in [0.2, 0.25) is 0 Å². The minimum atomic E-state index is -0.290. The molecule has 0 aliphatic heterocycles. The molecule has 0 saturated heterocycles. The molecule has 3 rings (SSSR count). The van der Waals surface area contributed by atoms with Gasteiger partial charge < -0.3 is 15.4 Å². The zero-order valence-electron chi connectivity index (χ0n) is 15.1. The Morgan fingerprint density at radius 1 is 1.07 bits per heavy atom. The van der Waals surface area contributed by atoms with Crippen LogP contribution in [-0.4, -0.2) is 17.5 Å². The van der Waals surface area contributed by atoms with Gasteiger partial charge in [0.25, 0.3) is 5.91 Å². The van der Waals surface area contributed by atoms with Crippen molar-refractivity contribution in [2.45, 2.75) is 13.8 Å². The van der Waals surface area contributed by atoms with Gasteiger partial charge in [-0.3, -0.25) is 4.79 Å². The number of nitrogens with one attached hydrogen (secondary N) is 2. The van der Waals surface area contributed by atoms with Crippen LogP contribution in [-0.2, 0) is 0 Å². The van der Waals surface area contributed by atoms with Crippen LogP contribution < -0.4 is 15.4 Å². The molecule has 1 aromatic heterocycles. The Hall–Kier alpha value is -3.05. The molecule has 0 fully saturated rings. The maximum atomic E-state index is 12.4. The highest BCUT2D eigenvalue weighted by Gasteiger charge is 2.11. The first kappa shape index (κ1) is 18.7. The molecule has 6 heteroatoms. The molecule has 0 unspecified atom stereocenters. The molecule has 1 amide bonds. The van der Waals surface area contributed by atoms with Crippen molar-refractivity contribution in [2.24, 2.45) is 0 Å². The highest BCUT2D eigenvalue weighted by molar-refractivity contribution is 6.31. The van der Waals surface area contributed by atoms with Gasteiger partial charge in [0.05, 0.1) is 24.2 Å². The quantitative estimate of drug-likeness (QED) is 0.597. The second-order valence-electron chi connectivity index (χ2n) is 5.85. The molecule has 0 aliphatic rings. The molecule has 0 aliphatic carbocycles. The zero-order chi connectivity index (χ0) is 19.2. The normalized spacial score (nSPS) is 10.3. The number of hydrogen-bond acceptors (Lipinski definition) is 4. The number of halogens is 1. The lowest BCUT2D eigenvalue weighted by Gasteiger charge is -2.12. The number of nitrogens with zero attached hydrogens (tertiary/aromatic N) is 1. The molecule has 0 bridgehead atoms. The molecule has 0 atom stereocenters. The first-order valence-corrected chi connectivity index (χ1v) is 8.97. The second kappa shape index (κ2) is 8.56. The van der Waals surface area contributed by atoms with Crippen LogP contribution >= 0.6 is 11.6 Å². The minimum absolute atomic E-state index is 0.290. The summed E-state index contributed by atoms with van der Waals surface area (Å²) < 4.78 is 5.60. The number of ether oxygens (including phenoxy) is 1. The monoisotopic (exact) mass is 381 g/mol. The lowest BCUT2D eigenvalue weighted by Crippen LogP contribution is -2.14. The first-order valence-electron chi connectivity index (χ1n) is 8.60. The van der Waals surface area contributed by atoms with E-state index in [9.17, 15) is 4.79 Å². The standard InChI is InChI=1S/C21H20ClN3O2/c1-3-27-20-10-5-4-8-18(20)24-15-11-12-19(23-13-15)21(26)25-17-9-6-7-16(22)14(17)2/h4-13,24H,3H2,1-2H3,(H,25,26). The molecular formula is C21H20ClN3O2. The Balaban J connectivity index is 1.72. The Labute approximate surface area is 163 Å². The van der Waals surface area contributed by atoms with Gasteiger partial charge in [-0.1, -0.05) is 29.8 Å². The van der Waals surface area contributed by atoms with Crippen molar-refractivity contribution in [2.75, 3.05) is 17.2 Å². The second-order valence-corrected chi connectivity index (χ2v) is 6.26. The SMILES string of the molecule is CCOc1ccccc1Nc1ccc(C(=O)Nc2cccc(Cl)c2C)nc1.